The predicted octanol–water partition coefficient (Wildman–Crippen LogP) is 10.8. The molecule has 3 aromatic carbocycles. The molecule has 0 amide bonds. The van der Waals surface area contributed by atoms with E-state index in [0.29, 0.717) is 77.4 Å². The van der Waals surface area contributed by atoms with Crippen LogP contribution in [-0.4, -0.2) is 127 Å². The molecular weight excluding hydrogens is 1010 g/mol. The summed E-state index contributed by atoms with van der Waals surface area (Å²) in [6.45, 7) is 17.2. The van der Waals surface area contributed by atoms with Crippen LogP contribution in [0.4, 0.5) is 17.6 Å². The molecule has 1 aliphatic rings. The average molecular weight is 1070 g/mol. The second-order valence-corrected chi connectivity index (χ2v) is 25.4. The number of esters is 1. The largest absolute Gasteiger partial charge is 0.543 e. The number of aromatic nitrogens is 4. The van der Waals surface area contributed by atoms with E-state index in [1.807, 2.05) is 13.0 Å². The molecule has 2 atom stereocenters. The van der Waals surface area contributed by atoms with E-state index in [-0.39, 0.29) is 43.2 Å². The number of halogens is 5. The highest BCUT2D eigenvalue weighted by molar-refractivity contribution is 7.22. The van der Waals surface area contributed by atoms with E-state index in [4.69, 9.17) is 39.7 Å². The van der Waals surface area contributed by atoms with E-state index >= 15 is 0 Å². The minimum atomic E-state index is -4.41. The smallest absolute Gasteiger partial charge is 0.392 e. The third-order valence-electron chi connectivity index (χ3n) is 12.8. The molecule has 392 valence electrons. The Morgan fingerprint density at radius 3 is 2.36 bits per heavy atom. The van der Waals surface area contributed by atoms with Gasteiger partial charge in [-0.15, -0.1) is 11.3 Å². The van der Waals surface area contributed by atoms with Crippen LogP contribution in [0.3, 0.4) is 0 Å². The highest BCUT2D eigenvalue weighted by Gasteiger charge is 2.39. The number of carbonyl (C=O) groups excluding carboxylic acids is 1. The van der Waals surface area contributed by atoms with Crippen LogP contribution in [0.2, 0.25) is 23.2 Å². The van der Waals surface area contributed by atoms with Crippen molar-refractivity contribution >= 4 is 47.4 Å². The number of likely N-dealkylation sites (N-methyl/N-ethyl adjacent to an activating group) is 1. The molecule has 6 aromatic rings. The molecule has 0 radical (unpaired) electrons. The standard InChI is InChI=1S/C52H61ClF4N6O8SSi/c1-9-66-49(65)42(27-34-26-37(71-73(7,8)51(3,4)5)14-16-40(34)68-30-36-18-20-58-50(61-36)67-25-19-52(55,56)57)70-47-44-43(46(72-48(44)60-31-59-47)33-10-12-35(54)13-11-33)39-15-17-41(45(53)32(39)2)69-38(29-64)28-63-23-21-62(6)22-24-63/h10-18,20,26,31,38,42,64H,9,19,21-25,27-30H2,1-8H3/t38-,42?/m1/s1. The number of aliphatic hydroxyl groups is 1. The second-order valence-electron chi connectivity index (χ2n) is 19.3. The van der Waals surface area contributed by atoms with Crippen molar-refractivity contribution in [1.82, 2.24) is 29.7 Å². The first kappa shape index (κ1) is 55.1. The Bertz CT molecular complexity index is 2850. The lowest BCUT2D eigenvalue weighted by Gasteiger charge is -2.36. The van der Waals surface area contributed by atoms with Gasteiger partial charge in [0.1, 0.15) is 53.5 Å². The van der Waals surface area contributed by atoms with Crippen LogP contribution >= 0.6 is 22.9 Å². The third kappa shape index (κ3) is 14.2. The number of carbonyl (C=O) groups is 1. The molecule has 1 saturated heterocycles. The Labute approximate surface area is 432 Å². The van der Waals surface area contributed by atoms with Gasteiger partial charge in [-0.1, -0.05) is 50.6 Å². The molecule has 1 N–H and O–H groups in total. The zero-order valence-electron chi connectivity index (χ0n) is 42.1. The van der Waals surface area contributed by atoms with Crippen molar-refractivity contribution in [2.75, 3.05) is 59.6 Å². The van der Waals surface area contributed by atoms with Crippen molar-refractivity contribution in [3.8, 4) is 50.7 Å². The number of hydrogen-bond donors (Lipinski definition) is 1. The van der Waals surface area contributed by atoms with Gasteiger partial charge in [0.2, 0.25) is 20.3 Å². The normalized spacial score (nSPS) is 14.7. The van der Waals surface area contributed by atoms with Crippen LogP contribution in [0.15, 0.2) is 73.2 Å². The molecule has 0 spiro atoms. The second kappa shape index (κ2) is 23.7. The number of hydrogen-bond acceptors (Lipinski definition) is 15. The van der Waals surface area contributed by atoms with E-state index in [1.165, 1.54) is 36.0 Å². The summed E-state index contributed by atoms with van der Waals surface area (Å²) in [5.41, 5.74) is 3.42. The molecule has 1 fully saturated rings. The number of benzene rings is 3. The van der Waals surface area contributed by atoms with Crippen molar-refractivity contribution in [2.24, 2.45) is 0 Å². The number of ether oxygens (including phenoxy) is 5. The van der Waals surface area contributed by atoms with Crippen molar-refractivity contribution in [3.63, 3.8) is 0 Å². The van der Waals surface area contributed by atoms with Crippen molar-refractivity contribution < 1.29 is 55.6 Å². The molecular formula is C52H61ClF4N6O8SSi. The fourth-order valence-electron chi connectivity index (χ4n) is 7.76. The minimum Gasteiger partial charge on any atom is -0.543 e. The number of aliphatic hydroxyl groups excluding tert-OH is 1. The van der Waals surface area contributed by atoms with Gasteiger partial charge in [-0.25, -0.2) is 24.1 Å². The molecule has 7 rings (SSSR count). The highest BCUT2D eigenvalue weighted by atomic mass is 35.5. The molecule has 0 bridgehead atoms. The summed E-state index contributed by atoms with van der Waals surface area (Å²) in [7, 11) is -0.308. The van der Waals surface area contributed by atoms with Gasteiger partial charge in [0, 0.05) is 61.3 Å². The molecule has 3 aromatic heterocycles. The van der Waals surface area contributed by atoms with E-state index in [1.54, 1.807) is 49.4 Å². The van der Waals surface area contributed by atoms with Gasteiger partial charge in [-0.05, 0) is 98.2 Å². The van der Waals surface area contributed by atoms with Gasteiger partial charge in [0.15, 0.2) is 0 Å². The molecule has 0 saturated carbocycles. The van der Waals surface area contributed by atoms with Gasteiger partial charge in [0.25, 0.3) is 0 Å². The summed E-state index contributed by atoms with van der Waals surface area (Å²) in [6, 6.07) is 16.3. The maximum absolute atomic E-state index is 14.4. The molecule has 4 heterocycles. The summed E-state index contributed by atoms with van der Waals surface area (Å²) in [5.74, 6) is 0.208. The van der Waals surface area contributed by atoms with Crippen molar-refractivity contribution in [1.29, 1.82) is 0 Å². The van der Waals surface area contributed by atoms with E-state index < -0.39 is 51.5 Å². The number of rotatable bonds is 21. The Balaban J connectivity index is 1.27. The predicted molar refractivity (Wildman–Crippen MR) is 275 cm³/mol. The maximum atomic E-state index is 14.4. The molecule has 14 nitrogen and oxygen atoms in total. The van der Waals surface area contributed by atoms with Gasteiger partial charge < -0.3 is 38.1 Å². The monoisotopic (exact) mass is 1070 g/mol. The first-order chi connectivity index (χ1) is 34.6. The fourth-order valence-corrected chi connectivity index (χ4v) is 10.1. The zero-order valence-corrected chi connectivity index (χ0v) is 44.7. The number of fused-ring (bicyclic) bond motifs is 1. The molecule has 1 unspecified atom stereocenters. The van der Waals surface area contributed by atoms with Crippen LogP contribution in [0.25, 0.3) is 31.8 Å². The van der Waals surface area contributed by atoms with E-state index in [2.05, 4.69) is 70.6 Å². The maximum Gasteiger partial charge on any atom is 0.392 e. The van der Waals surface area contributed by atoms with Gasteiger partial charge in [-0.3, -0.25) is 4.90 Å². The van der Waals surface area contributed by atoms with Crippen LogP contribution in [0.1, 0.15) is 50.9 Å². The average Bonchev–Trinajstić information content (AvgIpc) is 3.72. The SMILES string of the molecule is CCOC(=O)C(Cc1cc(O[Si](C)(C)C(C)(C)C)ccc1OCc1ccnc(OCCC(F)(F)F)n1)Oc1ncnc2sc(-c3ccc(F)cc3)c(-c3ccc(O[C@@H](CO)CN4CCN(C)CC4)c(Cl)c3C)c12. The Hall–Kier alpha value is -5.64. The van der Waals surface area contributed by atoms with Gasteiger partial charge >= 0.3 is 18.2 Å². The first-order valence-corrected chi connectivity index (χ1v) is 28.0. The topological polar surface area (TPSA) is 151 Å². The van der Waals surface area contributed by atoms with E-state index in [0.717, 1.165) is 26.2 Å². The fraction of sp³-hybridized carbons (Fsp3) is 0.442. The quantitative estimate of drug-likeness (QED) is 0.0414. The Kier molecular flexibility index (Phi) is 17.9. The lowest BCUT2D eigenvalue weighted by molar-refractivity contribution is -0.151. The van der Waals surface area contributed by atoms with Crippen LogP contribution in [0.5, 0.6) is 29.1 Å². The Morgan fingerprint density at radius 1 is 0.945 bits per heavy atom. The Morgan fingerprint density at radius 2 is 1.67 bits per heavy atom. The third-order valence-corrected chi connectivity index (χ3v) is 18.8. The van der Waals surface area contributed by atoms with E-state index in [9.17, 15) is 27.5 Å². The van der Waals surface area contributed by atoms with Crippen LogP contribution in [-0.2, 0) is 22.6 Å². The molecule has 73 heavy (non-hydrogen) atoms. The summed E-state index contributed by atoms with van der Waals surface area (Å²) in [4.78, 5) is 37.3. The molecule has 0 aliphatic carbocycles. The van der Waals surface area contributed by atoms with Gasteiger partial charge in [-0.2, -0.15) is 18.2 Å². The molecule has 21 heteroatoms. The van der Waals surface area contributed by atoms with Crippen LogP contribution < -0.4 is 23.4 Å². The number of thiophene rings is 1. The summed E-state index contributed by atoms with van der Waals surface area (Å²) < 4.78 is 89.8. The van der Waals surface area contributed by atoms with Crippen LogP contribution in [0, 0.1) is 12.7 Å². The summed E-state index contributed by atoms with van der Waals surface area (Å²) in [5, 5.41) is 11.0. The lowest BCUT2D eigenvalue weighted by atomic mass is 9.96. The molecule has 1 aliphatic heterocycles. The number of alkyl halides is 3. The minimum absolute atomic E-state index is 0.0356. The summed E-state index contributed by atoms with van der Waals surface area (Å²) >= 11 is 8.50. The lowest BCUT2D eigenvalue weighted by Crippen LogP contribution is -2.48. The summed E-state index contributed by atoms with van der Waals surface area (Å²) in [6.07, 6.45) is -4.85. The van der Waals surface area contributed by atoms with Crippen molar-refractivity contribution in [3.05, 3.63) is 101 Å². The number of nitrogens with zero attached hydrogens (tertiary/aromatic N) is 6. The van der Waals surface area contributed by atoms with Gasteiger partial charge in [0.05, 0.1) is 35.7 Å². The van der Waals surface area contributed by atoms with Crippen molar-refractivity contribution in [2.45, 2.75) is 90.6 Å². The first-order valence-electron chi connectivity index (χ1n) is 23.9. The zero-order chi connectivity index (χ0) is 52.7. The highest BCUT2D eigenvalue weighted by Crippen LogP contribution is 2.50. The number of piperazine rings is 1.